The summed E-state index contributed by atoms with van der Waals surface area (Å²) in [7, 11) is 2.17. The van der Waals surface area contributed by atoms with E-state index in [1.54, 1.807) is 6.07 Å². The molecule has 2 aliphatic heterocycles. The van der Waals surface area contributed by atoms with Gasteiger partial charge in [0.2, 0.25) is 0 Å². The van der Waals surface area contributed by atoms with Crippen molar-refractivity contribution >= 4 is 0 Å². The van der Waals surface area contributed by atoms with E-state index in [1.807, 2.05) is 12.4 Å². The van der Waals surface area contributed by atoms with Gasteiger partial charge in [0.1, 0.15) is 5.82 Å². The van der Waals surface area contributed by atoms with Gasteiger partial charge in [-0.15, -0.1) is 0 Å². The summed E-state index contributed by atoms with van der Waals surface area (Å²) in [5, 5.41) is 0. The zero-order valence-corrected chi connectivity index (χ0v) is 14.4. The van der Waals surface area contributed by atoms with Gasteiger partial charge in [-0.25, -0.2) is 9.37 Å². The number of benzene rings is 1. The molecule has 2 aromatic rings. The molecule has 24 heavy (non-hydrogen) atoms. The molecule has 5 heteroatoms. The molecule has 4 rings (SSSR count). The normalized spacial score (nSPS) is 27.7. The minimum atomic E-state index is -0.135. The number of fused-ring (bicyclic) bond motifs is 1. The van der Waals surface area contributed by atoms with E-state index in [1.165, 1.54) is 6.07 Å². The second kappa shape index (κ2) is 6.30. The van der Waals surface area contributed by atoms with Crippen LogP contribution in [0.25, 0.3) is 0 Å². The quantitative estimate of drug-likeness (QED) is 0.862. The summed E-state index contributed by atoms with van der Waals surface area (Å²) < 4.78 is 15.8. The molecule has 2 fully saturated rings. The Morgan fingerprint density at radius 3 is 2.88 bits per heavy atom. The molecule has 128 valence electrons. The summed E-state index contributed by atoms with van der Waals surface area (Å²) in [4.78, 5) is 9.42. The topological polar surface area (TPSA) is 24.3 Å². The number of aromatic nitrogens is 2. The van der Waals surface area contributed by atoms with Gasteiger partial charge in [0.15, 0.2) is 0 Å². The first kappa shape index (κ1) is 15.8. The van der Waals surface area contributed by atoms with E-state index in [0.29, 0.717) is 17.9 Å². The van der Waals surface area contributed by atoms with E-state index in [9.17, 15) is 4.39 Å². The molecule has 0 aliphatic carbocycles. The smallest absolute Gasteiger partial charge is 0.123 e. The van der Waals surface area contributed by atoms with Crippen LogP contribution in [0.5, 0.6) is 0 Å². The maximum absolute atomic E-state index is 13.7. The summed E-state index contributed by atoms with van der Waals surface area (Å²) in [5.41, 5.74) is 2.26. The van der Waals surface area contributed by atoms with Crippen molar-refractivity contribution in [2.24, 2.45) is 11.8 Å². The first-order valence-corrected chi connectivity index (χ1v) is 8.82. The van der Waals surface area contributed by atoms with Gasteiger partial charge in [0.25, 0.3) is 0 Å². The number of halogens is 1. The molecule has 0 N–H and O–H groups in total. The van der Waals surface area contributed by atoms with Gasteiger partial charge in [-0.1, -0.05) is 12.1 Å². The largest absolute Gasteiger partial charge is 0.337 e. The van der Waals surface area contributed by atoms with Crippen molar-refractivity contribution in [2.45, 2.75) is 26.1 Å². The Labute approximate surface area is 142 Å². The van der Waals surface area contributed by atoms with Gasteiger partial charge in [-0.3, -0.25) is 9.80 Å². The fourth-order valence-electron chi connectivity index (χ4n) is 4.56. The van der Waals surface area contributed by atoms with Gasteiger partial charge in [-0.2, -0.15) is 0 Å². The number of imidazole rings is 1. The highest BCUT2D eigenvalue weighted by Gasteiger charge is 2.46. The summed E-state index contributed by atoms with van der Waals surface area (Å²) >= 11 is 0. The van der Waals surface area contributed by atoms with Crippen molar-refractivity contribution in [3.8, 4) is 0 Å². The lowest BCUT2D eigenvalue weighted by atomic mass is 9.89. The maximum atomic E-state index is 13.7. The van der Waals surface area contributed by atoms with E-state index < -0.39 is 0 Å². The minimum absolute atomic E-state index is 0.135. The number of aryl methyl sites for hydroxylation is 1. The number of hydrogen-bond acceptors (Lipinski definition) is 3. The van der Waals surface area contributed by atoms with Crippen LogP contribution in [0.1, 0.15) is 24.2 Å². The average Bonchev–Trinajstić information content (AvgIpc) is 3.22. The third-order valence-corrected chi connectivity index (χ3v) is 5.60. The van der Waals surface area contributed by atoms with Gasteiger partial charge in [0, 0.05) is 45.0 Å². The molecule has 0 radical (unpaired) electrons. The van der Waals surface area contributed by atoms with Crippen molar-refractivity contribution in [1.82, 2.24) is 19.4 Å². The molecule has 0 saturated carbocycles. The van der Waals surface area contributed by atoms with Crippen LogP contribution in [0.15, 0.2) is 36.8 Å². The molecule has 1 aromatic heterocycles. The summed E-state index contributed by atoms with van der Waals surface area (Å²) in [6.07, 6.45) is 4.06. The van der Waals surface area contributed by atoms with E-state index in [0.717, 1.165) is 44.0 Å². The molecule has 3 heterocycles. The van der Waals surface area contributed by atoms with Crippen molar-refractivity contribution < 1.29 is 4.39 Å². The Morgan fingerprint density at radius 1 is 1.25 bits per heavy atom. The predicted molar refractivity (Wildman–Crippen MR) is 91.9 cm³/mol. The molecule has 0 spiro atoms. The van der Waals surface area contributed by atoms with E-state index in [4.69, 9.17) is 0 Å². The van der Waals surface area contributed by atoms with Crippen LogP contribution in [0.2, 0.25) is 0 Å². The summed E-state index contributed by atoms with van der Waals surface area (Å²) in [6.45, 7) is 7.27. The van der Waals surface area contributed by atoms with Crippen molar-refractivity contribution in [3.63, 3.8) is 0 Å². The third kappa shape index (κ3) is 2.87. The van der Waals surface area contributed by atoms with Crippen molar-refractivity contribution in [3.05, 3.63) is 53.9 Å². The molecule has 0 bridgehead atoms. The van der Waals surface area contributed by atoms with Crippen LogP contribution in [-0.2, 0) is 13.1 Å². The predicted octanol–water partition coefficient (Wildman–Crippen LogP) is 2.78. The molecule has 2 saturated heterocycles. The fourth-order valence-corrected chi connectivity index (χ4v) is 4.56. The van der Waals surface area contributed by atoms with Gasteiger partial charge < -0.3 is 4.57 Å². The van der Waals surface area contributed by atoms with E-state index in [2.05, 4.69) is 45.6 Å². The lowest BCUT2D eigenvalue weighted by molar-refractivity contribution is 0.223. The highest BCUT2D eigenvalue weighted by molar-refractivity contribution is 5.23. The maximum Gasteiger partial charge on any atom is 0.123 e. The highest BCUT2D eigenvalue weighted by atomic mass is 19.1. The van der Waals surface area contributed by atoms with Gasteiger partial charge in [0.05, 0.1) is 12.0 Å². The monoisotopic (exact) mass is 328 g/mol. The lowest BCUT2D eigenvalue weighted by Gasteiger charge is -2.26. The Balaban J connectivity index is 1.48. The molecule has 4 nitrogen and oxygen atoms in total. The minimum Gasteiger partial charge on any atom is -0.337 e. The van der Waals surface area contributed by atoms with Crippen LogP contribution in [0.4, 0.5) is 4.39 Å². The fraction of sp³-hybridized carbons (Fsp3) is 0.526. The number of likely N-dealkylation sites (tertiary alicyclic amines) is 2. The van der Waals surface area contributed by atoms with E-state index >= 15 is 0 Å². The Kier molecular flexibility index (Phi) is 4.14. The second-order valence-electron chi connectivity index (χ2n) is 7.25. The highest BCUT2D eigenvalue weighted by Crippen LogP contribution is 2.44. The van der Waals surface area contributed by atoms with Crippen LogP contribution < -0.4 is 0 Å². The SMILES string of the molecule is CCn1cnc(CN2C[C@@H]3CN(C)[C@@H](c4cccc(F)c4)[C@@H]3C2)c1. The van der Waals surface area contributed by atoms with Crippen LogP contribution in [-0.4, -0.2) is 46.0 Å². The zero-order chi connectivity index (χ0) is 16.7. The van der Waals surface area contributed by atoms with Gasteiger partial charge in [-0.05, 0) is 43.5 Å². The number of hydrogen-bond donors (Lipinski definition) is 0. The summed E-state index contributed by atoms with van der Waals surface area (Å²) in [5.74, 6) is 1.10. The zero-order valence-electron chi connectivity index (χ0n) is 14.4. The lowest BCUT2D eigenvalue weighted by Crippen LogP contribution is -2.29. The third-order valence-electron chi connectivity index (χ3n) is 5.60. The molecule has 3 atom stereocenters. The Morgan fingerprint density at radius 2 is 2.12 bits per heavy atom. The standard InChI is InChI=1S/C19H25FN4/c1-3-23-10-17(21-13-23)11-24-9-15-8-22(2)19(18(15)12-24)14-5-4-6-16(20)7-14/h4-7,10,13,15,18-19H,3,8-9,11-12H2,1-2H3/t15-,18+,19-/m0/s1. The molecule has 2 aliphatic rings. The Hall–Kier alpha value is -1.72. The number of nitrogens with zero attached hydrogens (tertiary/aromatic N) is 4. The Bertz CT molecular complexity index is 713. The van der Waals surface area contributed by atoms with Crippen molar-refractivity contribution in [2.75, 3.05) is 26.7 Å². The molecular weight excluding hydrogens is 303 g/mol. The first-order valence-electron chi connectivity index (χ1n) is 8.82. The molecule has 0 amide bonds. The molecule has 0 unspecified atom stereocenters. The van der Waals surface area contributed by atoms with Gasteiger partial charge >= 0.3 is 0 Å². The summed E-state index contributed by atoms with van der Waals surface area (Å²) in [6, 6.07) is 7.45. The van der Waals surface area contributed by atoms with Crippen molar-refractivity contribution in [1.29, 1.82) is 0 Å². The average molecular weight is 328 g/mol. The first-order chi connectivity index (χ1) is 11.6. The van der Waals surface area contributed by atoms with E-state index in [-0.39, 0.29) is 5.82 Å². The molecule has 1 aromatic carbocycles. The van der Waals surface area contributed by atoms with Crippen LogP contribution >= 0.6 is 0 Å². The van der Waals surface area contributed by atoms with Crippen LogP contribution in [0, 0.1) is 17.7 Å². The second-order valence-corrected chi connectivity index (χ2v) is 7.25. The number of rotatable bonds is 4. The van der Waals surface area contributed by atoms with Crippen LogP contribution in [0.3, 0.4) is 0 Å². The molecular formula is C19H25FN4.